The minimum absolute atomic E-state index is 0. The van der Waals surface area contributed by atoms with Gasteiger partial charge in [-0.1, -0.05) is 137 Å². The summed E-state index contributed by atoms with van der Waals surface area (Å²) in [6.07, 6.45) is 3.74. The van der Waals surface area contributed by atoms with Crippen molar-refractivity contribution in [3.8, 4) is 50.5 Å². The van der Waals surface area contributed by atoms with Crippen LogP contribution in [0.4, 0.5) is 0 Å². The van der Waals surface area contributed by atoms with E-state index in [0.717, 1.165) is 37.8 Å². The molecule has 1 aliphatic rings. The molecule has 0 atom stereocenters. The predicted octanol–water partition coefficient (Wildman–Crippen LogP) is 15.2. The minimum atomic E-state index is -0.168. The fourth-order valence-electron chi connectivity index (χ4n) is 9.22. The van der Waals surface area contributed by atoms with E-state index in [0.29, 0.717) is 0 Å². The maximum atomic E-state index is 4.80. The van der Waals surface area contributed by atoms with Crippen molar-refractivity contribution >= 4 is 59.3 Å². The maximum absolute atomic E-state index is 4.80. The summed E-state index contributed by atoms with van der Waals surface area (Å²) in [5.41, 5.74) is 15.1. The van der Waals surface area contributed by atoms with Crippen LogP contribution >= 0.6 is 15.9 Å². The van der Waals surface area contributed by atoms with Gasteiger partial charge in [0.2, 0.25) is 0 Å². The average molecular weight is 1040 g/mol. The molecule has 299 valence electrons. The number of pyridine rings is 2. The second-order valence-corrected chi connectivity index (χ2v) is 17.1. The van der Waals surface area contributed by atoms with Gasteiger partial charge in [-0.25, -0.2) is 0 Å². The van der Waals surface area contributed by atoms with Gasteiger partial charge in [-0.05, 0) is 103 Å². The van der Waals surface area contributed by atoms with Crippen LogP contribution in [0.1, 0.15) is 25.0 Å². The summed E-state index contributed by atoms with van der Waals surface area (Å²) in [5, 5.41) is 7.24. The van der Waals surface area contributed by atoms with E-state index < -0.39 is 0 Å². The third-order valence-electron chi connectivity index (χ3n) is 12.2. The Bertz CT molecular complexity index is 3470. The summed E-state index contributed by atoms with van der Waals surface area (Å²) >= 11 is 3.48. The van der Waals surface area contributed by atoms with Crippen LogP contribution in [0, 0.1) is 12.1 Å². The van der Waals surface area contributed by atoms with Crippen molar-refractivity contribution < 1.29 is 20.1 Å². The Labute approximate surface area is 383 Å². The number of hydrogen-bond donors (Lipinski definition) is 0. The topological polar surface area (TPSA) is 30.7 Å². The van der Waals surface area contributed by atoms with Crippen molar-refractivity contribution in [3.63, 3.8) is 0 Å². The van der Waals surface area contributed by atoms with E-state index in [9.17, 15) is 0 Å². The molecule has 3 aromatic heterocycles. The number of halogens is 1. The van der Waals surface area contributed by atoms with E-state index in [1.54, 1.807) is 0 Å². The first-order valence-corrected chi connectivity index (χ1v) is 21.4. The Kier molecular flexibility index (Phi) is 10.3. The predicted molar refractivity (Wildman–Crippen MR) is 257 cm³/mol. The fourth-order valence-corrected chi connectivity index (χ4v) is 9.58. The molecule has 5 heteroatoms. The summed E-state index contributed by atoms with van der Waals surface area (Å²) in [6, 6.07) is 71.2. The smallest absolute Gasteiger partial charge is 0.0582 e. The van der Waals surface area contributed by atoms with Gasteiger partial charge in [-0.2, -0.15) is 0 Å². The molecule has 0 fully saturated rings. The van der Waals surface area contributed by atoms with E-state index >= 15 is 0 Å². The fraction of sp³-hybridized carbons (Fsp3) is 0.0526. The van der Waals surface area contributed by atoms with Gasteiger partial charge < -0.3 is 14.5 Å². The van der Waals surface area contributed by atoms with Gasteiger partial charge in [0, 0.05) is 48.7 Å². The van der Waals surface area contributed by atoms with Crippen molar-refractivity contribution in [3.05, 3.63) is 222 Å². The molecule has 12 rings (SSSR count). The number of nitrogens with zero attached hydrogens (tertiary/aromatic N) is 3. The third kappa shape index (κ3) is 6.78. The second kappa shape index (κ2) is 16.1. The first kappa shape index (κ1) is 39.6. The van der Waals surface area contributed by atoms with Crippen LogP contribution in [0.15, 0.2) is 199 Å². The van der Waals surface area contributed by atoms with Gasteiger partial charge in [0.15, 0.2) is 0 Å². The summed E-state index contributed by atoms with van der Waals surface area (Å²) in [6.45, 7) is 4.73. The van der Waals surface area contributed by atoms with Crippen LogP contribution in [0.2, 0.25) is 0 Å². The summed E-state index contributed by atoms with van der Waals surface area (Å²) in [5.74, 6) is 0. The molecule has 11 aromatic rings. The molecular weight excluding hydrogens is 999 g/mol. The Morgan fingerprint density at radius 2 is 1.08 bits per heavy atom. The molecule has 0 N–H and O–H groups in total. The van der Waals surface area contributed by atoms with Crippen molar-refractivity contribution in [2.45, 2.75) is 19.3 Å². The Morgan fingerprint density at radius 3 is 1.79 bits per heavy atom. The zero-order valence-electron chi connectivity index (χ0n) is 34.0. The number of rotatable bonds is 4. The van der Waals surface area contributed by atoms with E-state index in [2.05, 4.69) is 191 Å². The van der Waals surface area contributed by atoms with Gasteiger partial charge in [0.1, 0.15) is 0 Å². The monoisotopic (exact) mass is 1040 g/mol. The Hall–Kier alpha value is -6.49. The van der Waals surface area contributed by atoms with Gasteiger partial charge in [0.05, 0.1) is 16.7 Å². The zero-order valence-corrected chi connectivity index (χ0v) is 38.0. The van der Waals surface area contributed by atoms with E-state index in [-0.39, 0.29) is 25.5 Å². The number of para-hydroxylation sites is 1. The molecular formula is C57H38BrIrN3-2. The first-order chi connectivity index (χ1) is 29.9. The van der Waals surface area contributed by atoms with Crippen LogP contribution in [-0.2, 0) is 25.5 Å². The summed E-state index contributed by atoms with van der Waals surface area (Å²) < 4.78 is 3.53. The van der Waals surface area contributed by atoms with Gasteiger partial charge in [0.25, 0.3) is 0 Å². The molecule has 1 aliphatic heterocycles. The molecule has 62 heavy (non-hydrogen) atoms. The van der Waals surface area contributed by atoms with Gasteiger partial charge in [-0.3, -0.25) is 0 Å². The minimum Gasteiger partial charge on any atom is -0.309 e. The van der Waals surface area contributed by atoms with Crippen molar-refractivity contribution in [1.82, 2.24) is 14.5 Å². The van der Waals surface area contributed by atoms with Crippen LogP contribution < -0.4 is 0 Å². The van der Waals surface area contributed by atoms with E-state index in [4.69, 9.17) is 4.98 Å². The summed E-state index contributed by atoms with van der Waals surface area (Å²) in [7, 11) is 0. The summed E-state index contributed by atoms with van der Waals surface area (Å²) in [4.78, 5) is 9.27. The van der Waals surface area contributed by atoms with Crippen LogP contribution in [0.3, 0.4) is 0 Å². The van der Waals surface area contributed by atoms with Crippen LogP contribution in [0.5, 0.6) is 0 Å². The largest absolute Gasteiger partial charge is 0.309 e. The number of benzene rings is 8. The number of fused-ring (bicyclic) bond motifs is 7. The zero-order chi connectivity index (χ0) is 41.1. The Balaban J connectivity index is 0.000000214. The maximum Gasteiger partial charge on any atom is 0.0582 e. The molecule has 0 unspecified atom stereocenters. The second-order valence-electron chi connectivity index (χ2n) is 16.2. The van der Waals surface area contributed by atoms with Gasteiger partial charge in [-0.15, -0.1) is 65.2 Å². The van der Waals surface area contributed by atoms with Gasteiger partial charge >= 0.3 is 0 Å². The molecule has 4 heterocycles. The quantitative estimate of drug-likeness (QED) is 0.165. The molecule has 0 saturated heterocycles. The van der Waals surface area contributed by atoms with Crippen molar-refractivity contribution in [2.24, 2.45) is 0 Å². The number of hydrogen-bond acceptors (Lipinski definition) is 2. The average Bonchev–Trinajstić information content (AvgIpc) is 3.64. The van der Waals surface area contributed by atoms with E-state index in [1.807, 2.05) is 54.9 Å². The standard InChI is InChI=1S/C42H29N2.C15H9BrN.Ir/c1-42(2)36-17-8-9-18-39(36)44-38-20-19-30(27-11-4-3-5-12-27)24-34(38)35-25-32(26-37(42)41(35)44)29-14-10-15-31(23-29)40-33-16-7-6-13-28(33)21-22-43-40;16-13-6-3-5-12(10-13)15-14-7-2-1-4-11(14)8-9-17-15;/h3-14,16-26H,1-2H3;1-4,6-10H;/q2*-1;. The molecule has 1 radical (unpaired) electrons. The SMILES string of the molecule is Brc1cc[c-]c(-c2nccc3ccccc23)c1.CC1(C)c2ccccc2-n2c3ccc(-c4ccccc4)cc3c3cc(-c4cc[c-]c(-c5nccc6ccccc56)c4)cc1c32.[Ir]. The molecule has 3 nitrogen and oxygen atoms in total. The van der Waals surface area contributed by atoms with Crippen LogP contribution in [0.25, 0.3) is 93.8 Å². The first-order valence-electron chi connectivity index (χ1n) is 20.6. The van der Waals surface area contributed by atoms with Crippen molar-refractivity contribution in [2.75, 3.05) is 0 Å². The molecule has 0 amide bonds. The normalized spacial score (nSPS) is 12.4. The Morgan fingerprint density at radius 1 is 0.484 bits per heavy atom. The van der Waals surface area contributed by atoms with Crippen molar-refractivity contribution in [1.29, 1.82) is 0 Å². The van der Waals surface area contributed by atoms with Crippen LogP contribution in [-0.4, -0.2) is 14.5 Å². The molecule has 8 aromatic carbocycles. The molecule has 0 aliphatic carbocycles. The number of aromatic nitrogens is 3. The third-order valence-corrected chi connectivity index (χ3v) is 12.7. The molecule has 0 bridgehead atoms. The van der Waals surface area contributed by atoms with E-state index in [1.165, 1.54) is 71.6 Å². The molecule has 0 spiro atoms. The molecule has 0 saturated carbocycles.